The van der Waals surface area contributed by atoms with Crippen molar-refractivity contribution in [3.63, 3.8) is 0 Å². The van der Waals surface area contributed by atoms with Crippen molar-refractivity contribution < 1.29 is 0 Å². The van der Waals surface area contributed by atoms with Crippen LogP contribution in [0.5, 0.6) is 0 Å². The minimum absolute atomic E-state index is 0.419. The van der Waals surface area contributed by atoms with Crippen molar-refractivity contribution in [2.24, 2.45) is 0 Å². The van der Waals surface area contributed by atoms with Gasteiger partial charge in [-0.05, 0) is 43.3 Å². The minimum Gasteiger partial charge on any atom is -0.310 e. The minimum atomic E-state index is 0.419. The van der Waals surface area contributed by atoms with Gasteiger partial charge in [0.2, 0.25) is 0 Å². The Labute approximate surface area is 114 Å². The normalized spacial score (nSPS) is 14.6. The third kappa shape index (κ3) is 5.33. The smallest absolute Gasteiger partial charge is 0.0409 e. The zero-order chi connectivity index (χ0) is 12.7. The summed E-state index contributed by atoms with van der Waals surface area (Å²) in [5.74, 6) is 0. The second-order valence-electron chi connectivity index (χ2n) is 4.30. The summed E-state index contributed by atoms with van der Waals surface area (Å²) in [4.78, 5) is 0. The van der Waals surface area contributed by atoms with Gasteiger partial charge in [-0.15, -0.1) is 0 Å². The topological polar surface area (TPSA) is 12.0 Å². The van der Waals surface area contributed by atoms with Gasteiger partial charge >= 0.3 is 0 Å². The molecule has 1 aromatic carbocycles. The van der Waals surface area contributed by atoms with E-state index in [4.69, 9.17) is 11.6 Å². The highest BCUT2D eigenvalue weighted by molar-refractivity contribution is 7.99. The highest BCUT2D eigenvalue weighted by Gasteiger charge is 2.09. The Bertz CT molecular complexity index is 330. The van der Waals surface area contributed by atoms with Gasteiger partial charge in [0.25, 0.3) is 0 Å². The molecule has 0 saturated carbocycles. The summed E-state index contributed by atoms with van der Waals surface area (Å²) in [6, 6.07) is 8.56. The first-order valence-corrected chi connectivity index (χ1v) is 7.85. The van der Waals surface area contributed by atoms with Crippen molar-refractivity contribution in [1.82, 2.24) is 5.32 Å². The van der Waals surface area contributed by atoms with Gasteiger partial charge in [0.05, 0.1) is 0 Å². The molecule has 1 nitrogen and oxygen atoms in total. The summed E-state index contributed by atoms with van der Waals surface area (Å²) in [6.07, 6.45) is 4.46. The molecule has 2 atom stereocenters. The molecule has 96 valence electrons. The molecule has 0 amide bonds. The van der Waals surface area contributed by atoms with Gasteiger partial charge in [-0.3, -0.25) is 0 Å². The maximum absolute atomic E-state index is 6.02. The molecular formula is C14H22ClNS. The molecule has 0 spiro atoms. The number of hydrogen-bond acceptors (Lipinski definition) is 2. The Morgan fingerprint density at radius 3 is 2.76 bits per heavy atom. The molecule has 0 aliphatic heterocycles. The summed E-state index contributed by atoms with van der Waals surface area (Å²) >= 11 is 7.94. The van der Waals surface area contributed by atoms with Crippen LogP contribution in [0.2, 0.25) is 5.02 Å². The van der Waals surface area contributed by atoms with E-state index in [0.717, 1.165) is 23.2 Å². The van der Waals surface area contributed by atoms with Crippen LogP contribution in [0.25, 0.3) is 0 Å². The van der Waals surface area contributed by atoms with E-state index in [2.05, 4.69) is 37.6 Å². The van der Waals surface area contributed by atoms with Crippen LogP contribution < -0.4 is 5.32 Å². The number of benzene rings is 1. The van der Waals surface area contributed by atoms with Crippen LogP contribution in [0.15, 0.2) is 24.3 Å². The van der Waals surface area contributed by atoms with Crippen LogP contribution in [0.1, 0.15) is 38.3 Å². The zero-order valence-electron chi connectivity index (χ0n) is 10.9. The summed E-state index contributed by atoms with van der Waals surface area (Å²) in [7, 11) is 0. The van der Waals surface area contributed by atoms with Gasteiger partial charge in [0.15, 0.2) is 0 Å². The first kappa shape index (κ1) is 14.9. The molecule has 3 heteroatoms. The number of halogens is 1. The maximum atomic E-state index is 6.02. The Balaban J connectivity index is 2.48. The van der Waals surface area contributed by atoms with Gasteiger partial charge in [0.1, 0.15) is 0 Å². The van der Waals surface area contributed by atoms with Crippen molar-refractivity contribution in [2.75, 3.05) is 12.8 Å². The predicted molar refractivity (Wildman–Crippen MR) is 80.1 cm³/mol. The Hall–Kier alpha value is -0.180. The highest BCUT2D eigenvalue weighted by Crippen LogP contribution is 2.20. The number of rotatable bonds is 7. The largest absolute Gasteiger partial charge is 0.310 e. The van der Waals surface area contributed by atoms with Crippen LogP contribution in [-0.2, 0) is 0 Å². The van der Waals surface area contributed by atoms with E-state index >= 15 is 0 Å². The van der Waals surface area contributed by atoms with Crippen LogP contribution in [0.3, 0.4) is 0 Å². The van der Waals surface area contributed by atoms with Gasteiger partial charge in [-0.25, -0.2) is 0 Å². The van der Waals surface area contributed by atoms with E-state index in [1.165, 1.54) is 12.0 Å². The third-order valence-electron chi connectivity index (χ3n) is 3.00. The monoisotopic (exact) mass is 271 g/mol. The molecule has 1 N–H and O–H groups in total. The molecule has 0 saturated heterocycles. The maximum Gasteiger partial charge on any atom is 0.0409 e. The molecule has 0 aliphatic carbocycles. The fraction of sp³-hybridized carbons (Fsp3) is 0.571. The van der Waals surface area contributed by atoms with Gasteiger partial charge in [-0.2, -0.15) is 11.8 Å². The lowest BCUT2D eigenvalue weighted by atomic mass is 10.0. The molecule has 2 unspecified atom stereocenters. The van der Waals surface area contributed by atoms with Gasteiger partial charge in [-0.1, -0.05) is 37.6 Å². The van der Waals surface area contributed by atoms with E-state index in [1.54, 1.807) is 0 Å². The van der Waals surface area contributed by atoms with Gasteiger partial charge in [0, 0.05) is 16.3 Å². The average Bonchev–Trinajstić information content (AvgIpc) is 2.34. The van der Waals surface area contributed by atoms with E-state index < -0.39 is 0 Å². The van der Waals surface area contributed by atoms with Crippen molar-refractivity contribution in [3.8, 4) is 0 Å². The summed E-state index contributed by atoms with van der Waals surface area (Å²) in [5.41, 5.74) is 1.29. The van der Waals surface area contributed by atoms with Crippen LogP contribution in [-0.4, -0.2) is 18.1 Å². The van der Waals surface area contributed by atoms with Crippen LogP contribution >= 0.6 is 23.4 Å². The molecule has 0 heterocycles. The second kappa shape index (κ2) is 8.02. The predicted octanol–water partition coefficient (Wildman–Crippen LogP) is 4.52. The Morgan fingerprint density at radius 2 is 2.18 bits per heavy atom. The summed E-state index contributed by atoms with van der Waals surface area (Å²) in [5, 5.41) is 5.15. The average molecular weight is 272 g/mol. The lowest BCUT2D eigenvalue weighted by Gasteiger charge is -2.18. The number of hydrogen-bond donors (Lipinski definition) is 1. The third-order valence-corrected chi connectivity index (χ3v) is 4.28. The van der Waals surface area contributed by atoms with E-state index in [-0.39, 0.29) is 0 Å². The molecule has 0 bridgehead atoms. The Morgan fingerprint density at radius 1 is 1.41 bits per heavy atom. The lowest BCUT2D eigenvalue weighted by molar-refractivity contribution is 0.510. The first-order chi connectivity index (χ1) is 8.17. The Kier molecular flexibility index (Phi) is 7.02. The van der Waals surface area contributed by atoms with E-state index in [1.807, 2.05) is 23.9 Å². The van der Waals surface area contributed by atoms with Crippen molar-refractivity contribution in [2.45, 2.75) is 38.0 Å². The molecule has 1 rings (SSSR count). The van der Waals surface area contributed by atoms with Crippen molar-refractivity contribution >= 4 is 23.4 Å². The number of nitrogens with one attached hydrogen (secondary N) is 1. The van der Waals surface area contributed by atoms with Crippen molar-refractivity contribution in [1.29, 1.82) is 0 Å². The van der Waals surface area contributed by atoms with E-state index in [9.17, 15) is 0 Å². The molecule has 17 heavy (non-hydrogen) atoms. The fourth-order valence-electron chi connectivity index (χ4n) is 1.80. The van der Waals surface area contributed by atoms with Crippen molar-refractivity contribution in [3.05, 3.63) is 34.9 Å². The summed E-state index contributed by atoms with van der Waals surface area (Å²) in [6.45, 7) is 5.54. The lowest BCUT2D eigenvalue weighted by Crippen LogP contribution is -2.23. The second-order valence-corrected chi connectivity index (χ2v) is 6.02. The SMILES string of the molecule is CCC(NCCC(C)SC)c1cccc(Cl)c1. The summed E-state index contributed by atoms with van der Waals surface area (Å²) < 4.78 is 0. The fourth-order valence-corrected chi connectivity index (χ4v) is 2.35. The molecule has 0 aromatic heterocycles. The first-order valence-electron chi connectivity index (χ1n) is 6.19. The standard InChI is InChI=1S/C14H22ClNS/c1-4-14(16-9-8-11(2)17-3)12-6-5-7-13(15)10-12/h5-7,10-11,14,16H,4,8-9H2,1-3H3. The van der Waals surface area contributed by atoms with E-state index in [0.29, 0.717) is 6.04 Å². The zero-order valence-corrected chi connectivity index (χ0v) is 12.4. The molecule has 0 radical (unpaired) electrons. The molecule has 0 aliphatic rings. The molecule has 1 aromatic rings. The number of thioether (sulfide) groups is 1. The highest BCUT2D eigenvalue weighted by atomic mass is 35.5. The molecule has 0 fully saturated rings. The van der Waals surface area contributed by atoms with Crippen LogP contribution in [0.4, 0.5) is 0 Å². The van der Waals surface area contributed by atoms with Gasteiger partial charge < -0.3 is 5.32 Å². The molecular weight excluding hydrogens is 250 g/mol. The van der Waals surface area contributed by atoms with Crippen LogP contribution in [0, 0.1) is 0 Å². The quantitative estimate of drug-likeness (QED) is 0.782.